The van der Waals surface area contributed by atoms with Crippen LogP contribution in [0.2, 0.25) is 0 Å². The van der Waals surface area contributed by atoms with E-state index < -0.39 is 5.97 Å². The van der Waals surface area contributed by atoms with E-state index in [0.29, 0.717) is 29.1 Å². The molecule has 0 bridgehead atoms. The van der Waals surface area contributed by atoms with Gasteiger partial charge in [0.2, 0.25) is 0 Å². The molecule has 1 saturated carbocycles. The van der Waals surface area contributed by atoms with Crippen molar-refractivity contribution < 1.29 is 13.9 Å². The van der Waals surface area contributed by atoms with Crippen molar-refractivity contribution in [3.05, 3.63) is 29.6 Å². The number of carbonyl (C=O) groups is 1. The number of nitrogens with one attached hydrogen (secondary N) is 1. The van der Waals surface area contributed by atoms with Crippen molar-refractivity contribution in [3.63, 3.8) is 0 Å². The van der Waals surface area contributed by atoms with Gasteiger partial charge in [-0.2, -0.15) is 0 Å². The third-order valence-electron chi connectivity index (χ3n) is 3.86. The lowest BCUT2D eigenvalue weighted by atomic mass is 9.73. The van der Waals surface area contributed by atoms with E-state index in [0.717, 1.165) is 12.8 Å². The highest BCUT2D eigenvalue weighted by atomic mass is 19.1. The highest BCUT2D eigenvalue weighted by molar-refractivity contribution is 5.95. The Labute approximate surface area is 113 Å². The Morgan fingerprint density at radius 2 is 2.11 bits per heavy atom. The molecule has 0 atom stereocenters. The summed E-state index contributed by atoms with van der Waals surface area (Å²) in [5.41, 5.74) is 0.913. The van der Waals surface area contributed by atoms with E-state index in [1.54, 1.807) is 0 Å². The second kappa shape index (κ2) is 5.59. The summed E-state index contributed by atoms with van der Waals surface area (Å²) in [5, 5.41) is 3.25. The summed E-state index contributed by atoms with van der Waals surface area (Å²) in [6, 6.07) is 4.41. The van der Waals surface area contributed by atoms with Crippen LogP contribution in [0.1, 0.15) is 37.0 Å². The van der Waals surface area contributed by atoms with Crippen LogP contribution >= 0.6 is 0 Å². The van der Waals surface area contributed by atoms with E-state index in [4.69, 9.17) is 4.74 Å². The van der Waals surface area contributed by atoms with Gasteiger partial charge in [0.05, 0.1) is 18.4 Å². The lowest BCUT2D eigenvalue weighted by Crippen LogP contribution is -2.38. The van der Waals surface area contributed by atoms with Crippen LogP contribution in [0.4, 0.5) is 10.1 Å². The van der Waals surface area contributed by atoms with Gasteiger partial charge in [0, 0.05) is 6.04 Å². The number of esters is 1. The number of halogens is 1. The van der Waals surface area contributed by atoms with Crippen LogP contribution in [-0.2, 0) is 4.74 Å². The highest BCUT2D eigenvalue weighted by Crippen LogP contribution is 2.36. The monoisotopic (exact) mass is 265 g/mol. The van der Waals surface area contributed by atoms with Crippen LogP contribution in [0, 0.1) is 17.7 Å². The van der Waals surface area contributed by atoms with Crippen molar-refractivity contribution in [3.8, 4) is 0 Å². The van der Waals surface area contributed by atoms with Gasteiger partial charge in [-0.25, -0.2) is 9.18 Å². The number of methoxy groups -OCH3 is 1. The molecule has 1 aromatic carbocycles. The van der Waals surface area contributed by atoms with Crippen molar-refractivity contribution in [2.75, 3.05) is 12.4 Å². The predicted octanol–water partition coefficient (Wildman–Crippen LogP) is 3.46. The summed E-state index contributed by atoms with van der Waals surface area (Å²) in [6.07, 6.45) is 2.13. The van der Waals surface area contributed by atoms with E-state index in [-0.39, 0.29) is 5.82 Å². The summed E-state index contributed by atoms with van der Waals surface area (Å²) < 4.78 is 18.0. The second-order valence-corrected chi connectivity index (χ2v) is 5.50. The van der Waals surface area contributed by atoms with Gasteiger partial charge >= 0.3 is 5.97 Å². The largest absolute Gasteiger partial charge is 0.465 e. The average molecular weight is 265 g/mol. The number of benzene rings is 1. The minimum absolute atomic E-state index is 0.317. The zero-order chi connectivity index (χ0) is 14.0. The number of hydrogen-bond acceptors (Lipinski definition) is 3. The first-order valence-corrected chi connectivity index (χ1v) is 6.65. The van der Waals surface area contributed by atoms with Crippen molar-refractivity contribution in [2.24, 2.45) is 11.8 Å². The van der Waals surface area contributed by atoms with Crippen molar-refractivity contribution in [2.45, 2.75) is 32.7 Å². The summed E-state index contributed by atoms with van der Waals surface area (Å²) in [5.74, 6) is 0.593. The van der Waals surface area contributed by atoms with Gasteiger partial charge < -0.3 is 10.1 Å². The molecule has 0 aromatic heterocycles. The number of anilines is 1. The maximum Gasteiger partial charge on any atom is 0.339 e. The topological polar surface area (TPSA) is 38.3 Å². The van der Waals surface area contributed by atoms with E-state index in [2.05, 4.69) is 19.2 Å². The molecule has 2 rings (SSSR count). The van der Waals surface area contributed by atoms with Crippen LogP contribution in [-0.4, -0.2) is 19.1 Å². The van der Waals surface area contributed by atoms with Gasteiger partial charge in [-0.1, -0.05) is 13.8 Å². The highest BCUT2D eigenvalue weighted by Gasteiger charge is 2.31. The van der Waals surface area contributed by atoms with Gasteiger partial charge in [-0.3, -0.25) is 0 Å². The van der Waals surface area contributed by atoms with Crippen LogP contribution in [0.25, 0.3) is 0 Å². The lowest BCUT2D eigenvalue weighted by Gasteiger charge is -2.39. The molecule has 1 aromatic rings. The Balaban J connectivity index is 2.07. The molecule has 1 fully saturated rings. The number of ether oxygens (including phenoxy) is 1. The summed E-state index contributed by atoms with van der Waals surface area (Å²) in [4.78, 5) is 11.6. The molecular weight excluding hydrogens is 245 g/mol. The maximum atomic E-state index is 13.3. The molecule has 1 aliphatic rings. The fraction of sp³-hybridized carbons (Fsp3) is 0.533. The standard InChI is InChI=1S/C15H20FNO2/c1-9(2)10-6-12(7-10)17-14-8-11(16)4-5-13(14)15(18)19-3/h4-5,8-10,12,17H,6-7H2,1-3H3. The Kier molecular flexibility index (Phi) is 4.08. The molecule has 0 spiro atoms. The zero-order valence-corrected chi connectivity index (χ0v) is 11.6. The third-order valence-corrected chi connectivity index (χ3v) is 3.86. The Bertz CT molecular complexity index is 467. The van der Waals surface area contributed by atoms with Gasteiger partial charge in [-0.05, 0) is 42.9 Å². The molecular formula is C15H20FNO2. The van der Waals surface area contributed by atoms with Crippen molar-refractivity contribution >= 4 is 11.7 Å². The molecule has 0 aliphatic heterocycles. The fourth-order valence-electron chi connectivity index (χ4n) is 2.47. The van der Waals surface area contributed by atoms with Crippen molar-refractivity contribution in [1.82, 2.24) is 0 Å². The lowest BCUT2D eigenvalue weighted by molar-refractivity contribution is 0.0601. The zero-order valence-electron chi connectivity index (χ0n) is 11.6. The predicted molar refractivity (Wildman–Crippen MR) is 72.7 cm³/mol. The van der Waals surface area contributed by atoms with E-state index in [1.807, 2.05) is 0 Å². The molecule has 0 radical (unpaired) electrons. The molecule has 19 heavy (non-hydrogen) atoms. The number of hydrogen-bond donors (Lipinski definition) is 1. The van der Waals surface area contributed by atoms with Crippen LogP contribution in [0.5, 0.6) is 0 Å². The summed E-state index contributed by atoms with van der Waals surface area (Å²) in [7, 11) is 1.33. The molecule has 0 saturated heterocycles. The SMILES string of the molecule is COC(=O)c1ccc(F)cc1NC1CC(C(C)C)C1. The Morgan fingerprint density at radius 3 is 2.68 bits per heavy atom. The van der Waals surface area contributed by atoms with Crippen molar-refractivity contribution in [1.29, 1.82) is 0 Å². The van der Waals surface area contributed by atoms with Crippen LogP contribution in [0.15, 0.2) is 18.2 Å². The average Bonchev–Trinajstić information content (AvgIpc) is 2.32. The normalized spacial score (nSPS) is 21.9. The molecule has 0 amide bonds. The molecule has 1 aliphatic carbocycles. The molecule has 4 heteroatoms. The van der Waals surface area contributed by atoms with E-state index in [1.165, 1.54) is 25.3 Å². The summed E-state index contributed by atoms with van der Waals surface area (Å²) >= 11 is 0. The first kappa shape index (κ1) is 13.8. The minimum Gasteiger partial charge on any atom is -0.465 e. The van der Waals surface area contributed by atoms with Crippen LogP contribution < -0.4 is 5.32 Å². The Morgan fingerprint density at radius 1 is 1.42 bits per heavy atom. The van der Waals surface area contributed by atoms with Gasteiger partial charge in [0.25, 0.3) is 0 Å². The Hall–Kier alpha value is -1.58. The molecule has 0 unspecified atom stereocenters. The van der Waals surface area contributed by atoms with E-state index >= 15 is 0 Å². The van der Waals surface area contributed by atoms with E-state index in [9.17, 15) is 9.18 Å². The summed E-state index contributed by atoms with van der Waals surface area (Å²) in [6.45, 7) is 4.42. The third kappa shape index (κ3) is 3.06. The minimum atomic E-state index is -0.442. The number of rotatable bonds is 4. The molecule has 0 heterocycles. The van der Waals surface area contributed by atoms with Gasteiger partial charge in [-0.15, -0.1) is 0 Å². The van der Waals surface area contributed by atoms with Gasteiger partial charge in [0.15, 0.2) is 0 Å². The number of carbonyl (C=O) groups excluding carboxylic acids is 1. The van der Waals surface area contributed by atoms with Crippen LogP contribution in [0.3, 0.4) is 0 Å². The first-order valence-electron chi connectivity index (χ1n) is 6.65. The molecule has 3 nitrogen and oxygen atoms in total. The fourth-order valence-corrected chi connectivity index (χ4v) is 2.47. The second-order valence-electron chi connectivity index (χ2n) is 5.50. The van der Waals surface area contributed by atoms with Gasteiger partial charge in [0.1, 0.15) is 5.82 Å². The molecule has 1 N–H and O–H groups in total. The quantitative estimate of drug-likeness (QED) is 0.847. The smallest absolute Gasteiger partial charge is 0.339 e. The first-order chi connectivity index (χ1) is 9.01. The maximum absolute atomic E-state index is 13.3. The molecule has 104 valence electrons.